The summed E-state index contributed by atoms with van der Waals surface area (Å²) < 4.78 is 5.75. The average molecular weight is 433 g/mol. The lowest BCUT2D eigenvalue weighted by molar-refractivity contribution is -0.112. The lowest BCUT2D eigenvalue weighted by Gasteiger charge is -2.06. The van der Waals surface area contributed by atoms with Crippen molar-refractivity contribution in [1.82, 2.24) is 0 Å². The standard InChI is InChI=1S/C24H14Cl2N2O2/c25-18-6-9-21(22(26)13-18)23-10-8-20(30-23)12-17(14-27)24(29)28-19-7-5-15-3-1-2-4-16(15)11-19/h1-13H,(H,28,29)/b17-12+. The molecule has 0 atom stereocenters. The highest BCUT2D eigenvalue weighted by Crippen LogP contribution is 2.32. The summed E-state index contributed by atoms with van der Waals surface area (Å²) in [5.74, 6) is 0.353. The summed E-state index contributed by atoms with van der Waals surface area (Å²) in [6, 6.07) is 23.8. The summed E-state index contributed by atoms with van der Waals surface area (Å²) in [6.45, 7) is 0. The van der Waals surface area contributed by atoms with Gasteiger partial charge in [-0.3, -0.25) is 4.79 Å². The molecule has 0 saturated carbocycles. The average Bonchev–Trinajstić information content (AvgIpc) is 3.20. The number of benzene rings is 3. The molecule has 0 fully saturated rings. The maximum absolute atomic E-state index is 12.6. The van der Waals surface area contributed by atoms with Crippen LogP contribution in [-0.4, -0.2) is 5.91 Å². The normalized spacial score (nSPS) is 11.3. The van der Waals surface area contributed by atoms with Gasteiger partial charge in [-0.1, -0.05) is 53.5 Å². The molecule has 0 aliphatic rings. The van der Waals surface area contributed by atoms with Crippen LogP contribution in [0.25, 0.3) is 28.2 Å². The van der Waals surface area contributed by atoms with Crippen molar-refractivity contribution in [2.24, 2.45) is 0 Å². The van der Waals surface area contributed by atoms with Crippen molar-refractivity contribution in [3.63, 3.8) is 0 Å². The summed E-state index contributed by atoms with van der Waals surface area (Å²) in [5, 5.41) is 15.2. The third-order valence-corrected chi connectivity index (χ3v) is 5.03. The molecule has 1 heterocycles. The molecule has 6 heteroatoms. The molecule has 0 saturated heterocycles. The van der Waals surface area contributed by atoms with Crippen LogP contribution in [-0.2, 0) is 4.79 Å². The Kier molecular flexibility index (Phi) is 5.58. The fraction of sp³-hybridized carbons (Fsp3) is 0. The van der Waals surface area contributed by atoms with Crippen molar-refractivity contribution >= 4 is 51.6 Å². The van der Waals surface area contributed by atoms with Gasteiger partial charge in [-0.05, 0) is 53.2 Å². The van der Waals surface area contributed by atoms with Crippen molar-refractivity contribution in [3.8, 4) is 17.4 Å². The van der Waals surface area contributed by atoms with E-state index in [2.05, 4.69) is 5.32 Å². The maximum atomic E-state index is 12.6. The Labute approximate surface area is 183 Å². The second-order valence-electron chi connectivity index (χ2n) is 6.51. The van der Waals surface area contributed by atoms with Crippen LogP contribution in [0.5, 0.6) is 0 Å². The number of amides is 1. The fourth-order valence-electron chi connectivity index (χ4n) is 3.02. The third-order valence-electron chi connectivity index (χ3n) is 4.48. The lowest BCUT2D eigenvalue weighted by Crippen LogP contribution is -2.13. The highest BCUT2D eigenvalue weighted by molar-refractivity contribution is 6.36. The molecule has 1 N–H and O–H groups in total. The number of hydrogen-bond donors (Lipinski definition) is 1. The highest BCUT2D eigenvalue weighted by atomic mass is 35.5. The van der Waals surface area contributed by atoms with Gasteiger partial charge in [0.05, 0.1) is 5.02 Å². The first-order chi connectivity index (χ1) is 14.5. The van der Waals surface area contributed by atoms with Crippen LogP contribution in [0.3, 0.4) is 0 Å². The summed E-state index contributed by atoms with van der Waals surface area (Å²) in [7, 11) is 0. The molecule has 0 aliphatic carbocycles. The number of carbonyl (C=O) groups excluding carboxylic acids is 1. The maximum Gasteiger partial charge on any atom is 0.266 e. The Morgan fingerprint density at radius 3 is 2.53 bits per heavy atom. The van der Waals surface area contributed by atoms with E-state index in [9.17, 15) is 10.1 Å². The predicted octanol–water partition coefficient (Wildman–Crippen LogP) is 6.95. The predicted molar refractivity (Wildman–Crippen MR) is 120 cm³/mol. The SMILES string of the molecule is N#C/C(=C\c1ccc(-c2ccc(Cl)cc2Cl)o1)C(=O)Nc1ccc2ccccc2c1. The smallest absolute Gasteiger partial charge is 0.266 e. The quantitative estimate of drug-likeness (QED) is 0.280. The molecule has 0 spiro atoms. The zero-order chi connectivity index (χ0) is 21.1. The van der Waals surface area contributed by atoms with Crippen LogP contribution in [0.15, 0.2) is 82.8 Å². The summed E-state index contributed by atoms with van der Waals surface area (Å²) in [6.07, 6.45) is 1.39. The van der Waals surface area contributed by atoms with Crippen LogP contribution in [0.4, 0.5) is 5.69 Å². The number of nitrogens with one attached hydrogen (secondary N) is 1. The van der Waals surface area contributed by atoms with E-state index in [1.807, 2.05) is 42.5 Å². The molecule has 146 valence electrons. The molecule has 3 aromatic carbocycles. The molecule has 0 radical (unpaired) electrons. The largest absolute Gasteiger partial charge is 0.457 e. The lowest BCUT2D eigenvalue weighted by atomic mass is 10.1. The molecule has 4 rings (SSSR count). The summed E-state index contributed by atoms with van der Waals surface area (Å²) in [4.78, 5) is 12.6. The van der Waals surface area contributed by atoms with E-state index in [0.29, 0.717) is 32.8 Å². The molecule has 0 aliphatic heterocycles. The van der Waals surface area contributed by atoms with Crippen molar-refractivity contribution in [1.29, 1.82) is 5.26 Å². The van der Waals surface area contributed by atoms with Crippen LogP contribution < -0.4 is 5.32 Å². The van der Waals surface area contributed by atoms with Gasteiger partial charge in [-0.2, -0.15) is 5.26 Å². The number of fused-ring (bicyclic) bond motifs is 1. The van der Waals surface area contributed by atoms with Gasteiger partial charge in [0.2, 0.25) is 0 Å². The molecule has 0 bridgehead atoms. The number of halogens is 2. The number of hydrogen-bond acceptors (Lipinski definition) is 3. The summed E-state index contributed by atoms with van der Waals surface area (Å²) in [5.41, 5.74) is 1.19. The zero-order valence-corrected chi connectivity index (χ0v) is 17.0. The van der Waals surface area contributed by atoms with Gasteiger partial charge in [-0.25, -0.2) is 0 Å². The van der Waals surface area contributed by atoms with E-state index in [4.69, 9.17) is 27.6 Å². The van der Waals surface area contributed by atoms with Gasteiger partial charge in [0.1, 0.15) is 23.2 Å². The second-order valence-corrected chi connectivity index (χ2v) is 7.36. The topological polar surface area (TPSA) is 66.0 Å². The third kappa shape index (κ3) is 4.23. The number of furan rings is 1. The number of nitrogens with zero attached hydrogens (tertiary/aromatic N) is 1. The molecular weight excluding hydrogens is 419 g/mol. The first-order valence-electron chi connectivity index (χ1n) is 9.01. The minimum absolute atomic E-state index is 0.0775. The minimum atomic E-state index is -0.518. The Morgan fingerprint density at radius 2 is 1.77 bits per heavy atom. The van der Waals surface area contributed by atoms with Crippen molar-refractivity contribution in [3.05, 3.63) is 94.2 Å². The number of anilines is 1. The zero-order valence-electron chi connectivity index (χ0n) is 15.5. The van der Waals surface area contributed by atoms with Crippen molar-refractivity contribution in [2.45, 2.75) is 0 Å². The molecule has 0 unspecified atom stereocenters. The van der Waals surface area contributed by atoms with Gasteiger partial charge in [0.15, 0.2) is 0 Å². The number of nitriles is 1. The minimum Gasteiger partial charge on any atom is -0.457 e. The van der Waals surface area contributed by atoms with E-state index < -0.39 is 5.91 Å². The van der Waals surface area contributed by atoms with Gasteiger partial charge < -0.3 is 9.73 Å². The number of carbonyl (C=O) groups is 1. The fourth-order valence-corrected chi connectivity index (χ4v) is 3.52. The highest BCUT2D eigenvalue weighted by Gasteiger charge is 2.13. The molecule has 4 aromatic rings. The van der Waals surface area contributed by atoms with E-state index >= 15 is 0 Å². The Bertz CT molecular complexity index is 1330. The Morgan fingerprint density at radius 1 is 0.967 bits per heavy atom. The molecular formula is C24H14Cl2N2O2. The van der Waals surface area contributed by atoms with Gasteiger partial charge in [-0.15, -0.1) is 0 Å². The molecule has 30 heavy (non-hydrogen) atoms. The first kappa shape index (κ1) is 19.8. The number of rotatable bonds is 4. The van der Waals surface area contributed by atoms with Crippen molar-refractivity contribution < 1.29 is 9.21 Å². The molecule has 1 aromatic heterocycles. The van der Waals surface area contributed by atoms with E-state index in [1.165, 1.54) is 6.08 Å². The van der Waals surface area contributed by atoms with E-state index in [-0.39, 0.29) is 5.57 Å². The van der Waals surface area contributed by atoms with E-state index in [1.54, 1.807) is 36.4 Å². The summed E-state index contributed by atoms with van der Waals surface area (Å²) >= 11 is 12.1. The second kappa shape index (κ2) is 8.46. The van der Waals surface area contributed by atoms with Gasteiger partial charge in [0.25, 0.3) is 5.91 Å². The first-order valence-corrected chi connectivity index (χ1v) is 9.76. The van der Waals surface area contributed by atoms with E-state index in [0.717, 1.165) is 10.8 Å². The Hall–Kier alpha value is -3.52. The monoisotopic (exact) mass is 432 g/mol. The van der Waals surface area contributed by atoms with Gasteiger partial charge in [0, 0.05) is 22.3 Å². The van der Waals surface area contributed by atoms with Crippen LogP contribution in [0, 0.1) is 11.3 Å². The van der Waals surface area contributed by atoms with Gasteiger partial charge >= 0.3 is 0 Å². The molecule has 4 nitrogen and oxygen atoms in total. The molecule has 1 amide bonds. The Balaban J connectivity index is 1.56. The van der Waals surface area contributed by atoms with Crippen LogP contribution in [0.2, 0.25) is 10.0 Å². The van der Waals surface area contributed by atoms with Crippen molar-refractivity contribution in [2.75, 3.05) is 5.32 Å². The van der Waals surface area contributed by atoms with Crippen LogP contribution in [0.1, 0.15) is 5.76 Å². The van der Waals surface area contributed by atoms with Crippen LogP contribution >= 0.6 is 23.2 Å².